The summed E-state index contributed by atoms with van der Waals surface area (Å²) in [5.41, 5.74) is 20.1. The molecular formula is C58H53N2O+. The molecule has 9 aromatic rings. The molecule has 0 aliphatic carbocycles. The topological polar surface area (TPSA) is 29.0 Å². The van der Waals surface area contributed by atoms with Crippen molar-refractivity contribution >= 4 is 11.0 Å². The van der Waals surface area contributed by atoms with E-state index in [2.05, 4.69) is 228 Å². The molecule has 61 heavy (non-hydrogen) atoms. The van der Waals surface area contributed by atoms with Crippen molar-refractivity contribution in [3.8, 4) is 78.5 Å². The van der Waals surface area contributed by atoms with Gasteiger partial charge in [-0.3, -0.25) is 0 Å². The predicted molar refractivity (Wildman–Crippen MR) is 256 cm³/mol. The normalized spacial score (nSPS) is 11.6. The van der Waals surface area contributed by atoms with Gasteiger partial charge >= 0.3 is 0 Å². The van der Waals surface area contributed by atoms with E-state index < -0.39 is 0 Å². The average Bonchev–Trinajstić information content (AvgIpc) is 3.58. The van der Waals surface area contributed by atoms with Crippen LogP contribution in [0.2, 0.25) is 0 Å². The fraction of sp³-hybridized carbons (Fsp3) is 0.155. The number of rotatable bonds is 9. The summed E-state index contributed by atoms with van der Waals surface area (Å²) in [6.07, 6.45) is 0. The van der Waals surface area contributed by atoms with E-state index in [4.69, 9.17) is 0 Å². The summed E-state index contributed by atoms with van der Waals surface area (Å²) in [6.45, 7) is 13.6. The molecule has 1 heterocycles. The second kappa shape index (κ2) is 16.2. The van der Waals surface area contributed by atoms with Gasteiger partial charge in [-0.1, -0.05) is 179 Å². The van der Waals surface area contributed by atoms with Gasteiger partial charge < -0.3 is 5.11 Å². The Hall–Kier alpha value is -6.97. The van der Waals surface area contributed by atoms with Crippen LogP contribution < -0.4 is 4.57 Å². The van der Waals surface area contributed by atoms with Crippen LogP contribution in [0.5, 0.6) is 5.75 Å². The first-order valence-electron chi connectivity index (χ1n) is 21.5. The fourth-order valence-electron chi connectivity index (χ4n) is 9.26. The van der Waals surface area contributed by atoms with E-state index in [0.29, 0.717) is 11.8 Å². The number of phenols is 1. The SMILES string of the molecule is Cc1ccc(-c2cc(-c3ccccc3)cc(-c3ccc(-c4ccc(-c5ccccc5)cc4)cc3)c2O)c(C)c1-c1n(-c2c(C(C)C)cccc2C(C)C)c2ccccc2[n+]1C. The number of hydrogen-bond donors (Lipinski definition) is 1. The Bertz CT molecular complexity index is 3000. The molecule has 0 atom stereocenters. The predicted octanol–water partition coefficient (Wildman–Crippen LogP) is 15.0. The highest BCUT2D eigenvalue weighted by atomic mass is 16.3. The third kappa shape index (κ3) is 7.14. The van der Waals surface area contributed by atoms with E-state index >= 15 is 0 Å². The molecule has 0 aliphatic rings. The van der Waals surface area contributed by atoms with Gasteiger partial charge in [0.1, 0.15) is 11.4 Å². The van der Waals surface area contributed by atoms with Crippen molar-refractivity contribution in [1.29, 1.82) is 0 Å². The maximum atomic E-state index is 12.5. The molecule has 9 rings (SSSR count). The van der Waals surface area contributed by atoms with Gasteiger partial charge in [0, 0.05) is 22.3 Å². The Morgan fingerprint density at radius 2 is 0.934 bits per heavy atom. The van der Waals surface area contributed by atoms with Crippen LogP contribution in [0.15, 0.2) is 176 Å². The van der Waals surface area contributed by atoms with E-state index in [-0.39, 0.29) is 5.75 Å². The third-order valence-electron chi connectivity index (χ3n) is 12.5. The highest BCUT2D eigenvalue weighted by Gasteiger charge is 2.33. The minimum absolute atomic E-state index is 0.273. The highest BCUT2D eigenvalue weighted by Crippen LogP contribution is 2.46. The number of aromatic hydroxyl groups is 1. The van der Waals surface area contributed by atoms with Crippen LogP contribution in [0.3, 0.4) is 0 Å². The van der Waals surface area contributed by atoms with Gasteiger partial charge in [-0.05, 0) is 106 Å². The van der Waals surface area contributed by atoms with Crippen molar-refractivity contribution in [2.24, 2.45) is 7.05 Å². The second-order valence-electron chi connectivity index (χ2n) is 17.0. The number of benzene rings is 8. The number of fused-ring (bicyclic) bond motifs is 1. The summed E-state index contributed by atoms with van der Waals surface area (Å²) in [6, 6.07) is 62.6. The minimum atomic E-state index is 0.273. The van der Waals surface area contributed by atoms with Crippen LogP contribution in [0.4, 0.5) is 0 Å². The van der Waals surface area contributed by atoms with E-state index in [1.54, 1.807) is 0 Å². The molecule has 0 fully saturated rings. The number of imidazole rings is 1. The number of aromatic nitrogens is 2. The van der Waals surface area contributed by atoms with Gasteiger partial charge in [-0.15, -0.1) is 0 Å². The number of hydrogen-bond acceptors (Lipinski definition) is 1. The summed E-state index contributed by atoms with van der Waals surface area (Å²) in [5.74, 6) is 2.05. The molecule has 1 aromatic heterocycles. The zero-order chi connectivity index (χ0) is 42.4. The molecule has 0 bridgehead atoms. The molecular weight excluding hydrogens is 741 g/mol. The summed E-state index contributed by atoms with van der Waals surface area (Å²) in [5, 5.41) is 12.5. The molecule has 0 saturated heterocycles. The fourth-order valence-corrected chi connectivity index (χ4v) is 9.26. The summed E-state index contributed by atoms with van der Waals surface area (Å²) in [4.78, 5) is 0. The van der Waals surface area contributed by atoms with Gasteiger partial charge in [0.2, 0.25) is 0 Å². The molecule has 0 spiro atoms. The maximum Gasteiger partial charge on any atom is 0.295 e. The van der Waals surface area contributed by atoms with E-state index in [0.717, 1.165) is 61.5 Å². The lowest BCUT2D eigenvalue weighted by Gasteiger charge is -2.20. The third-order valence-corrected chi connectivity index (χ3v) is 12.5. The molecule has 0 unspecified atom stereocenters. The van der Waals surface area contributed by atoms with Crippen LogP contribution in [0.1, 0.15) is 61.8 Å². The maximum absolute atomic E-state index is 12.5. The first kappa shape index (κ1) is 39.5. The summed E-state index contributed by atoms with van der Waals surface area (Å²) >= 11 is 0. The van der Waals surface area contributed by atoms with Crippen molar-refractivity contribution in [2.75, 3.05) is 0 Å². The Morgan fingerprint density at radius 1 is 0.459 bits per heavy atom. The standard InChI is InChI=1S/C58H52N2O/c1-37(2)48-21-16-22-49(38(3)4)56(48)60-54-24-15-14-23-53(54)59(7)58(60)55-39(5)25-34-50(40(55)6)52-36-47(42-19-12-9-13-20-42)35-51(57(52)61)46-32-30-45(31-33-46)44-28-26-43(27-29-44)41-17-10-8-11-18-41/h8-38H,1-7H3/p+1. The first-order valence-corrected chi connectivity index (χ1v) is 21.5. The van der Waals surface area contributed by atoms with Crippen LogP contribution in [-0.2, 0) is 7.05 Å². The lowest BCUT2D eigenvalue weighted by atomic mass is 9.87. The number of para-hydroxylation sites is 3. The largest absolute Gasteiger partial charge is 0.507 e. The molecule has 0 aliphatic heterocycles. The molecule has 300 valence electrons. The summed E-state index contributed by atoms with van der Waals surface area (Å²) < 4.78 is 4.87. The molecule has 0 amide bonds. The van der Waals surface area contributed by atoms with Crippen molar-refractivity contribution in [1.82, 2.24) is 4.57 Å². The van der Waals surface area contributed by atoms with Crippen molar-refractivity contribution in [2.45, 2.75) is 53.4 Å². The van der Waals surface area contributed by atoms with Gasteiger partial charge in [-0.2, -0.15) is 4.57 Å². The number of nitrogens with zero attached hydrogens (tertiary/aromatic N) is 2. The minimum Gasteiger partial charge on any atom is -0.507 e. The van der Waals surface area contributed by atoms with Crippen molar-refractivity contribution in [3.63, 3.8) is 0 Å². The van der Waals surface area contributed by atoms with E-state index in [1.807, 2.05) is 6.07 Å². The van der Waals surface area contributed by atoms with Gasteiger partial charge in [0.25, 0.3) is 5.82 Å². The van der Waals surface area contributed by atoms with Crippen molar-refractivity contribution in [3.05, 3.63) is 198 Å². The van der Waals surface area contributed by atoms with Crippen molar-refractivity contribution < 1.29 is 9.67 Å². The van der Waals surface area contributed by atoms with Crippen LogP contribution >= 0.6 is 0 Å². The Kier molecular flexibility index (Phi) is 10.5. The lowest BCUT2D eigenvalue weighted by molar-refractivity contribution is -0.633. The Labute approximate surface area is 360 Å². The van der Waals surface area contributed by atoms with Crippen LogP contribution in [0, 0.1) is 13.8 Å². The molecule has 0 radical (unpaired) electrons. The average molecular weight is 794 g/mol. The van der Waals surface area contributed by atoms with Gasteiger partial charge in [0.05, 0.1) is 12.6 Å². The summed E-state index contributed by atoms with van der Waals surface area (Å²) in [7, 11) is 2.19. The Morgan fingerprint density at radius 3 is 1.49 bits per heavy atom. The zero-order valence-electron chi connectivity index (χ0n) is 36.2. The zero-order valence-corrected chi connectivity index (χ0v) is 36.2. The number of aryl methyl sites for hydroxylation is 2. The monoisotopic (exact) mass is 793 g/mol. The van der Waals surface area contributed by atoms with Gasteiger partial charge in [-0.25, -0.2) is 4.57 Å². The molecule has 3 nitrogen and oxygen atoms in total. The molecule has 3 heteroatoms. The molecule has 8 aromatic carbocycles. The smallest absolute Gasteiger partial charge is 0.295 e. The molecule has 0 saturated carbocycles. The van der Waals surface area contributed by atoms with Crippen LogP contribution in [-0.4, -0.2) is 9.67 Å². The lowest BCUT2D eigenvalue weighted by Crippen LogP contribution is -2.31. The van der Waals surface area contributed by atoms with Gasteiger partial charge in [0.15, 0.2) is 11.0 Å². The Balaban J connectivity index is 1.22. The number of phenolic OH excluding ortho intramolecular Hbond substituents is 1. The van der Waals surface area contributed by atoms with E-state index in [9.17, 15) is 5.11 Å². The first-order chi connectivity index (χ1) is 29.6. The quantitative estimate of drug-likeness (QED) is 0.145. The molecule has 1 N–H and O–H groups in total. The highest BCUT2D eigenvalue weighted by molar-refractivity contribution is 5.92. The second-order valence-corrected chi connectivity index (χ2v) is 17.0. The van der Waals surface area contributed by atoms with E-state index in [1.165, 1.54) is 44.5 Å². The van der Waals surface area contributed by atoms with Crippen LogP contribution in [0.25, 0.3) is 83.7 Å².